The number of likely N-dealkylation sites (N-methyl/N-ethyl adjacent to an activating group) is 1. The van der Waals surface area contributed by atoms with Gasteiger partial charge in [0.2, 0.25) is 0 Å². The molecule has 1 saturated heterocycles. The summed E-state index contributed by atoms with van der Waals surface area (Å²) in [5.74, 6) is 0. The van der Waals surface area contributed by atoms with E-state index in [1.54, 1.807) is 0 Å². The number of nitrogens with one attached hydrogen (secondary N) is 1. The van der Waals surface area contributed by atoms with Crippen molar-refractivity contribution < 1.29 is 9.84 Å². The zero-order valence-electron chi connectivity index (χ0n) is 10.2. The Balaban J connectivity index is 2.19. The van der Waals surface area contributed by atoms with Gasteiger partial charge in [-0.15, -0.1) is 0 Å². The van der Waals surface area contributed by atoms with Gasteiger partial charge in [-0.25, -0.2) is 0 Å². The fourth-order valence-corrected chi connectivity index (χ4v) is 2.16. The number of aliphatic hydroxyl groups excluding tert-OH is 1. The van der Waals surface area contributed by atoms with Crippen molar-refractivity contribution in [1.29, 1.82) is 0 Å². The summed E-state index contributed by atoms with van der Waals surface area (Å²) in [7, 11) is 1.85. The Kier molecular flexibility index (Phi) is 4.36. The van der Waals surface area contributed by atoms with Crippen LogP contribution >= 0.6 is 0 Å². The molecule has 1 atom stereocenters. The van der Waals surface area contributed by atoms with Crippen LogP contribution in [0.1, 0.15) is 11.7 Å². The van der Waals surface area contributed by atoms with Gasteiger partial charge in [-0.05, 0) is 13.1 Å². The minimum atomic E-state index is -0.459. The maximum absolute atomic E-state index is 10.1. The highest BCUT2D eigenvalue weighted by Gasteiger charge is 2.17. The van der Waals surface area contributed by atoms with E-state index in [1.807, 2.05) is 25.2 Å². The Hall–Kier alpha value is -1.10. The van der Waals surface area contributed by atoms with Crippen LogP contribution in [-0.2, 0) is 4.74 Å². The Morgan fingerprint density at radius 1 is 1.35 bits per heavy atom. The second-order valence-electron chi connectivity index (χ2n) is 4.23. The van der Waals surface area contributed by atoms with E-state index >= 15 is 0 Å². The van der Waals surface area contributed by atoms with Crippen molar-refractivity contribution >= 4 is 5.69 Å². The number of hydrogen-bond acceptors (Lipinski definition) is 4. The molecular weight excluding hydrogens is 216 g/mol. The summed E-state index contributed by atoms with van der Waals surface area (Å²) in [6.45, 7) is 3.88. The molecule has 0 bridgehead atoms. The van der Waals surface area contributed by atoms with E-state index in [9.17, 15) is 5.11 Å². The summed E-state index contributed by atoms with van der Waals surface area (Å²) in [6.07, 6.45) is -0.459. The molecule has 0 spiro atoms. The molecule has 17 heavy (non-hydrogen) atoms. The van der Waals surface area contributed by atoms with Crippen molar-refractivity contribution in [3.8, 4) is 0 Å². The van der Waals surface area contributed by atoms with Gasteiger partial charge >= 0.3 is 0 Å². The van der Waals surface area contributed by atoms with Crippen LogP contribution in [0.25, 0.3) is 0 Å². The van der Waals surface area contributed by atoms with Crippen LogP contribution in [-0.4, -0.2) is 45.0 Å². The topological polar surface area (TPSA) is 44.7 Å². The highest BCUT2D eigenvalue weighted by atomic mass is 16.5. The van der Waals surface area contributed by atoms with Crippen LogP contribution in [0.5, 0.6) is 0 Å². The van der Waals surface area contributed by atoms with Gasteiger partial charge in [-0.1, -0.05) is 18.2 Å². The van der Waals surface area contributed by atoms with Gasteiger partial charge in [0.25, 0.3) is 0 Å². The van der Waals surface area contributed by atoms with Gasteiger partial charge in [0.1, 0.15) is 0 Å². The lowest BCUT2D eigenvalue weighted by Gasteiger charge is -2.31. The number of rotatable bonds is 4. The smallest absolute Gasteiger partial charge is 0.0934 e. The lowest BCUT2D eigenvalue weighted by Crippen LogP contribution is -2.37. The molecule has 1 aromatic rings. The van der Waals surface area contributed by atoms with Crippen molar-refractivity contribution in [1.82, 2.24) is 5.32 Å². The SMILES string of the molecule is CNCC(O)c1ccccc1N1CCOCC1. The lowest BCUT2D eigenvalue weighted by molar-refractivity contribution is 0.122. The Morgan fingerprint density at radius 3 is 2.76 bits per heavy atom. The van der Waals surface area contributed by atoms with Gasteiger partial charge in [0.05, 0.1) is 19.3 Å². The third-order valence-corrected chi connectivity index (χ3v) is 3.04. The zero-order chi connectivity index (χ0) is 12.1. The minimum absolute atomic E-state index is 0.459. The Morgan fingerprint density at radius 2 is 2.06 bits per heavy atom. The molecule has 2 N–H and O–H groups in total. The monoisotopic (exact) mass is 236 g/mol. The Labute approximate surface area is 102 Å². The predicted octanol–water partition coefficient (Wildman–Crippen LogP) is 0.776. The number of ether oxygens (including phenoxy) is 1. The first-order valence-corrected chi connectivity index (χ1v) is 6.07. The van der Waals surface area contributed by atoms with Crippen molar-refractivity contribution in [2.45, 2.75) is 6.10 Å². The molecule has 2 rings (SSSR count). The van der Waals surface area contributed by atoms with Crippen molar-refractivity contribution in [3.63, 3.8) is 0 Å². The summed E-state index contributed by atoms with van der Waals surface area (Å²) in [5.41, 5.74) is 2.11. The number of benzene rings is 1. The molecule has 4 nitrogen and oxygen atoms in total. The summed E-state index contributed by atoms with van der Waals surface area (Å²) in [6, 6.07) is 8.05. The highest BCUT2D eigenvalue weighted by Crippen LogP contribution is 2.26. The van der Waals surface area contributed by atoms with Crippen LogP contribution in [0.4, 0.5) is 5.69 Å². The first-order chi connectivity index (χ1) is 8.33. The Bertz CT molecular complexity index is 351. The lowest BCUT2D eigenvalue weighted by atomic mass is 10.1. The fraction of sp³-hybridized carbons (Fsp3) is 0.538. The molecule has 1 unspecified atom stereocenters. The number of para-hydroxylation sites is 1. The first-order valence-electron chi connectivity index (χ1n) is 6.07. The number of morpholine rings is 1. The summed E-state index contributed by atoms with van der Waals surface area (Å²) in [5, 5.41) is 13.1. The van der Waals surface area contributed by atoms with Gasteiger partial charge < -0.3 is 20.1 Å². The zero-order valence-corrected chi connectivity index (χ0v) is 10.2. The van der Waals surface area contributed by atoms with E-state index in [0.717, 1.165) is 37.6 Å². The summed E-state index contributed by atoms with van der Waals surface area (Å²) >= 11 is 0. The van der Waals surface area contributed by atoms with Crippen LogP contribution in [0.3, 0.4) is 0 Å². The van der Waals surface area contributed by atoms with E-state index < -0.39 is 6.10 Å². The van der Waals surface area contributed by atoms with E-state index in [-0.39, 0.29) is 0 Å². The number of hydrogen-bond donors (Lipinski definition) is 2. The standard InChI is InChI=1S/C13H20N2O2/c1-14-10-13(16)11-4-2-3-5-12(11)15-6-8-17-9-7-15/h2-5,13-14,16H,6-10H2,1H3. The average molecular weight is 236 g/mol. The maximum atomic E-state index is 10.1. The predicted molar refractivity (Wildman–Crippen MR) is 68.4 cm³/mol. The van der Waals surface area contributed by atoms with Gasteiger partial charge in [-0.2, -0.15) is 0 Å². The van der Waals surface area contributed by atoms with Crippen molar-refractivity contribution in [2.24, 2.45) is 0 Å². The molecule has 1 aromatic carbocycles. The van der Waals surface area contributed by atoms with Gasteiger partial charge in [0.15, 0.2) is 0 Å². The number of aliphatic hydroxyl groups is 1. The van der Waals surface area contributed by atoms with Gasteiger partial charge in [0, 0.05) is 30.9 Å². The van der Waals surface area contributed by atoms with Crippen molar-refractivity contribution in [3.05, 3.63) is 29.8 Å². The third-order valence-electron chi connectivity index (χ3n) is 3.04. The second-order valence-corrected chi connectivity index (χ2v) is 4.23. The molecule has 0 amide bonds. The van der Waals surface area contributed by atoms with Crippen LogP contribution in [0, 0.1) is 0 Å². The fourth-order valence-electron chi connectivity index (χ4n) is 2.16. The maximum Gasteiger partial charge on any atom is 0.0934 e. The van der Waals surface area contributed by atoms with E-state index in [2.05, 4.69) is 16.3 Å². The van der Waals surface area contributed by atoms with E-state index in [0.29, 0.717) is 6.54 Å². The largest absolute Gasteiger partial charge is 0.387 e. The summed E-state index contributed by atoms with van der Waals surface area (Å²) in [4.78, 5) is 2.28. The molecule has 1 aliphatic rings. The van der Waals surface area contributed by atoms with Crippen LogP contribution < -0.4 is 10.2 Å². The molecule has 1 fully saturated rings. The quantitative estimate of drug-likeness (QED) is 0.811. The summed E-state index contributed by atoms with van der Waals surface area (Å²) < 4.78 is 5.35. The molecule has 1 heterocycles. The van der Waals surface area contributed by atoms with E-state index in [4.69, 9.17) is 4.74 Å². The third kappa shape index (κ3) is 2.97. The normalized spacial score (nSPS) is 18.1. The van der Waals surface area contributed by atoms with Crippen LogP contribution in [0.2, 0.25) is 0 Å². The molecule has 94 valence electrons. The molecule has 0 aliphatic carbocycles. The molecule has 4 heteroatoms. The highest BCUT2D eigenvalue weighted by molar-refractivity contribution is 5.55. The van der Waals surface area contributed by atoms with E-state index in [1.165, 1.54) is 0 Å². The second kappa shape index (κ2) is 6.00. The van der Waals surface area contributed by atoms with Crippen LogP contribution in [0.15, 0.2) is 24.3 Å². The number of nitrogens with zero attached hydrogens (tertiary/aromatic N) is 1. The van der Waals surface area contributed by atoms with Gasteiger partial charge in [-0.3, -0.25) is 0 Å². The molecule has 0 aromatic heterocycles. The molecular formula is C13H20N2O2. The number of anilines is 1. The van der Waals surface area contributed by atoms with Crippen molar-refractivity contribution in [2.75, 3.05) is 44.8 Å². The average Bonchev–Trinajstić information content (AvgIpc) is 2.40. The molecule has 1 aliphatic heterocycles. The molecule has 0 radical (unpaired) electrons. The minimum Gasteiger partial charge on any atom is -0.387 e. The first kappa shape index (κ1) is 12.4. The molecule has 0 saturated carbocycles.